The van der Waals surface area contributed by atoms with Crippen molar-refractivity contribution in [1.82, 2.24) is 9.97 Å². The van der Waals surface area contributed by atoms with E-state index < -0.39 is 4.92 Å². The van der Waals surface area contributed by atoms with Gasteiger partial charge in [-0.25, -0.2) is 4.98 Å². The van der Waals surface area contributed by atoms with Crippen molar-refractivity contribution < 1.29 is 4.92 Å². The lowest BCUT2D eigenvalue weighted by Crippen LogP contribution is -2.23. The number of anilines is 2. The smallest absolute Gasteiger partial charge is 0.332 e. The second kappa shape index (κ2) is 4.75. The molecule has 0 radical (unpaired) electrons. The van der Waals surface area contributed by atoms with Crippen LogP contribution in [0.1, 0.15) is 25.5 Å². The molecule has 7 nitrogen and oxygen atoms in total. The predicted octanol–water partition coefficient (Wildman–Crippen LogP) is 1.72. The third-order valence-corrected chi connectivity index (χ3v) is 2.99. The Labute approximate surface area is 105 Å². The van der Waals surface area contributed by atoms with Crippen molar-refractivity contribution in [1.29, 1.82) is 0 Å². The minimum Gasteiger partial charge on any atom is -0.354 e. The minimum absolute atomic E-state index is 0.00560. The molecule has 18 heavy (non-hydrogen) atoms. The lowest BCUT2D eigenvalue weighted by molar-refractivity contribution is -0.385. The number of nitrogens with one attached hydrogen (secondary N) is 1. The van der Waals surface area contributed by atoms with Crippen molar-refractivity contribution in [3.8, 4) is 0 Å². The Morgan fingerprint density at radius 1 is 1.50 bits per heavy atom. The first-order valence-electron chi connectivity index (χ1n) is 6.04. The van der Waals surface area contributed by atoms with Gasteiger partial charge in [-0.1, -0.05) is 0 Å². The number of aromatic nitrogens is 2. The number of hydrogen-bond acceptors (Lipinski definition) is 6. The van der Waals surface area contributed by atoms with Crippen molar-refractivity contribution >= 4 is 17.5 Å². The lowest BCUT2D eigenvalue weighted by atomic mass is 10.3. The highest BCUT2D eigenvalue weighted by Crippen LogP contribution is 2.35. The Balaban J connectivity index is 2.46. The Morgan fingerprint density at radius 2 is 2.17 bits per heavy atom. The maximum absolute atomic E-state index is 11.1. The monoisotopic (exact) mass is 251 g/mol. The molecule has 0 amide bonds. The molecule has 1 aromatic heterocycles. The molecule has 1 N–H and O–H groups in total. The van der Waals surface area contributed by atoms with Gasteiger partial charge < -0.3 is 10.2 Å². The van der Waals surface area contributed by atoms with E-state index in [1.54, 1.807) is 6.92 Å². The van der Waals surface area contributed by atoms with Crippen molar-refractivity contribution in [2.24, 2.45) is 0 Å². The van der Waals surface area contributed by atoms with E-state index in [9.17, 15) is 10.1 Å². The fraction of sp³-hybridized carbons (Fsp3) is 0.636. The Morgan fingerprint density at radius 3 is 2.67 bits per heavy atom. The van der Waals surface area contributed by atoms with Crippen molar-refractivity contribution in [2.45, 2.75) is 32.7 Å². The molecule has 0 spiro atoms. The minimum atomic E-state index is -0.403. The normalized spacial score (nSPS) is 14.4. The molecule has 0 aromatic carbocycles. The van der Waals surface area contributed by atoms with Crippen LogP contribution in [0.4, 0.5) is 17.5 Å². The number of hydrogen-bond donors (Lipinski definition) is 1. The van der Waals surface area contributed by atoms with Gasteiger partial charge in [0.2, 0.25) is 11.8 Å². The van der Waals surface area contributed by atoms with Gasteiger partial charge in [0, 0.05) is 19.6 Å². The van der Waals surface area contributed by atoms with Gasteiger partial charge >= 0.3 is 5.69 Å². The first-order chi connectivity index (χ1) is 8.54. The molecule has 2 rings (SSSR count). The molecule has 1 heterocycles. The summed E-state index contributed by atoms with van der Waals surface area (Å²) in [6.45, 7) is 4.26. The van der Waals surface area contributed by atoms with Crippen LogP contribution in [0.5, 0.6) is 0 Å². The molecule has 0 atom stereocenters. The maximum atomic E-state index is 11.1. The number of aryl methyl sites for hydroxylation is 1. The Bertz CT molecular complexity index is 473. The van der Waals surface area contributed by atoms with Crippen LogP contribution in [-0.4, -0.2) is 34.5 Å². The van der Waals surface area contributed by atoms with Crippen LogP contribution < -0.4 is 10.2 Å². The molecule has 0 saturated heterocycles. The molecule has 7 heteroatoms. The summed E-state index contributed by atoms with van der Waals surface area (Å²) >= 11 is 0. The Kier molecular flexibility index (Phi) is 3.31. The highest BCUT2D eigenvalue weighted by Gasteiger charge is 2.33. The summed E-state index contributed by atoms with van der Waals surface area (Å²) in [5.74, 6) is 0.856. The van der Waals surface area contributed by atoms with E-state index in [4.69, 9.17) is 0 Å². The third-order valence-electron chi connectivity index (χ3n) is 2.99. The zero-order valence-electron chi connectivity index (χ0n) is 10.8. The third kappa shape index (κ3) is 2.34. The number of nitrogens with zero attached hydrogens (tertiary/aromatic N) is 4. The molecule has 0 bridgehead atoms. The first-order valence-corrected chi connectivity index (χ1v) is 6.04. The second-order valence-corrected chi connectivity index (χ2v) is 4.43. The SMILES string of the molecule is CCNc1nc(C)c([N+](=O)[O-])c(N(C)C2CC2)n1. The summed E-state index contributed by atoms with van der Waals surface area (Å²) in [7, 11) is 1.85. The second-order valence-electron chi connectivity index (χ2n) is 4.43. The largest absolute Gasteiger partial charge is 0.354 e. The molecular weight excluding hydrogens is 234 g/mol. The van der Waals surface area contributed by atoms with Gasteiger partial charge in [-0.15, -0.1) is 0 Å². The van der Waals surface area contributed by atoms with Gasteiger partial charge in [0.15, 0.2) is 0 Å². The predicted molar refractivity (Wildman–Crippen MR) is 69.0 cm³/mol. The average molecular weight is 251 g/mol. The standard InChI is InChI=1S/C11H17N5O2/c1-4-12-11-13-7(2)9(16(17)18)10(14-11)15(3)8-5-6-8/h8H,4-6H2,1-3H3,(H,12,13,14). The molecule has 98 valence electrons. The van der Waals surface area contributed by atoms with E-state index in [0.717, 1.165) is 12.8 Å². The molecule has 1 aliphatic carbocycles. The van der Waals surface area contributed by atoms with E-state index in [2.05, 4.69) is 15.3 Å². The summed E-state index contributed by atoms with van der Waals surface area (Å²) in [4.78, 5) is 21.0. The van der Waals surface area contributed by atoms with Crippen molar-refractivity contribution in [3.05, 3.63) is 15.8 Å². The van der Waals surface area contributed by atoms with Gasteiger partial charge in [-0.2, -0.15) is 4.98 Å². The molecule has 0 unspecified atom stereocenters. The summed E-state index contributed by atoms with van der Waals surface area (Å²) in [6, 6.07) is 0.368. The maximum Gasteiger partial charge on any atom is 0.332 e. The van der Waals surface area contributed by atoms with E-state index in [1.165, 1.54) is 0 Å². The Hall–Kier alpha value is -1.92. The molecule has 1 saturated carbocycles. The van der Waals surface area contributed by atoms with E-state index in [1.807, 2.05) is 18.9 Å². The van der Waals surface area contributed by atoms with Gasteiger partial charge in [-0.3, -0.25) is 10.1 Å². The van der Waals surface area contributed by atoms with Crippen LogP contribution in [0.15, 0.2) is 0 Å². The summed E-state index contributed by atoms with van der Waals surface area (Å²) in [5, 5.41) is 14.1. The van der Waals surface area contributed by atoms with Crippen LogP contribution in [0.3, 0.4) is 0 Å². The van der Waals surface area contributed by atoms with Crippen molar-refractivity contribution in [2.75, 3.05) is 23.8 Å². The average Bonchev–Trinajstić information content (AvgIpc) is 3.10. The van der Waals surface area contributed by atoms with Gasteiger partial charge in [0.1, 0.15) is 5.69 Å². The number of nitro groups is 1. The molecule has 0 aliphatic heterocycles. The lowest BCUT2D eigenvalue weighted by Gasteiger charge is -2.18. The van der Waals surface area contributed by atoms with Crippen LogP contribution >= 0.6 is 0 Å². The fourth-order valence-electron chi connectivity index (χ4n) is 1.88. The molecule has 1 aromatic rings. The van der Waals surface area contributed by atoms with E-state index in [0.29, 0.717) is 30.0 Å². The molecule has 1 aliphatic rings. The number of rotatable bonds is 5. The van der Waals surface area contributed by atoms with E-state index >= 15 is 0 Å². The topological polar surface area (TPSA) is 84.2 Å². The molecular formula is C11H17N5O2. The molecule has 1 fully saturated rings. The first kappa shape index (κ1) is 12.5. The zero-order chi connectivity index (χ0) is 13.3. The van der Waals surface area contributed by atoms with Crippen LogP contribution in [0.2, 0.25) is 0 Å². The summed E-state index contributed by atoms with van der Waals surface area (Å²) < 4.78 is 0. The highest BCUT2D eigenvalue weighted by molar-refractivity contribution is 5.63. The van der Waals surface area contributed by atoms with E-state index in [-0.39, 0.29) is 5.69 Å². The van der Waals surface area contributed by atoms with Crippen LogP contribution in [0, 0.1) is 17.0 Å². The summed E-state index contributed by atoms with van der Waals surface area (Å²) in [5.41, 5.74) is 0.402. The fourth-order valence-corrected chi connectivity index (χ4v) is 1.88. The van der Waals surface area contributed by atoms with Crippen LogP contribution in [0.25, 0.3) is 0 Å². The quantitative estimate of drug-likeness (QED) is 0.633. The van der Waals surface area contributed by atoms with Crippen molar-refractivity contribution in [3.63, 3.8) is 0 Å². The van der Waals surface area contributed by atoms with Crippen LogP contribution in [-0.2, 0) is 0 Å². The summed E-state index contributed by atoms with van der Waals surface area (Å²) in [6.07, 6.45) is 2.13. The zero-order valence-corrected chi connectivity index (χ0v) is 10.8. The highest BCUT2D eigenvalue weighted by atomic mass is 16.6. The van der Waals surface area contributed by atoms with Gasteiger partial charge in [0.05, 0.1) is 4.92 Å². The van der Waals surface area contributed by atoms with Gasteiger partial charge in [0.25, 0.3) is 0 Å². The van der Waals surface area contributed by atoms with Gasteiger partial charge in [-0.05, 0) is 26.7 Å².